The summed E-state index contributed by atoms with van der Waals surface area (Å²) in [5, 5.41) is 4.06. The first-order valence-corrected chi connectivity index (χ1v) is 7.46. The lowest BCUT2D eigenvalue weighted by Gasteiger charge is -2.17. The van der Waals surface area contributed by atoms with E-state index in [-0.39, 0.29) is 0 Å². The van der Waals surface area contributed by atoms with Gasteiger partial charge in [0.2, 0.25) is 0 Å². The second-order valence-corrected chi connectivity index (χ2v) is 5.36. The second-order valence-electron chi connectivity index (χ2n) is 4.93. The molecule has 0 aliphatic carbocycles. The molecular formula is C17H17ClN2O. The molecule has 2 aromatic carbocycles. The van der Waals surface area contributed by atoms with Gasteiger partial charge >= 0.3 is 0 Å². The van der Waals surface area contributed by atoms with Crippen molar-refractivity contribution in [3.63, 3.8) is 0 Å². The zero-order valence-corrected chi connectivity index (χ0v) is 12.4. The van der Waals surface area contributed by atoms with E-state index in [4.69, 9.17) is 16.3 Å². The van der Waals surface area contributed by atoms with Crippen LogP contribution < -0.4 is 10.1 Å². The highest BCUT2D eigenvalue weighted by molar-refractivity contribution is 6.30. The summed E-state index contributed by atoms with van der Waals surface area (Å²) in [6, 6.07) is 15.7. The van der Waals surface area contributed by atoms with Gasteiger partial charge in [-0.15, -0.1) is 0 Å². The van der Waals surface area contributed by atoms with Crippen LogP contribution in [0.3, 0.4) is 0 Å². The monoisotopic (exact) mass is 300 g/mol. The van der Waals surface area contributed by atoms with E-state index in [0.717, 1.165) is 47.2 Å². The molecule has 0 bridgehead atoms. The molecule has 0 unspecified atom stereocenters. The minimum absolute atomic E-state index is 0.491. The SMILES string of the molecule is Clc1cccc(COc2ccccc2C2=NCCCN2)c1. The summed E-state index contributed by atoms with van der Waals surface area (Å²) in [7, 11) is 0. The Bertz CT molecular complexity index is 655. The average Bonchev–Trinajstić information content (AvgIpc) is 2.54. The maximum Gasteiger partial charge on any atom is 0.132 e. The maximum atomic E-state index is 5.99. The zero-order chi connectivity index (χ0) is 14.5. The van der Waals surface area contributed by atoms with Gasteiger partial charge in [-0.05, 0) is 36.2 Å². The van der Waals surface area contributed by atoms with Gasteiger partial charge in [-0.25, -0.2) is 0 Å². The molecule has 0 fully saturated rings. The fourth-order valence-corrected chi connectivity index (χ4v) is 2.50. The van der Waals surface area contributed by atoms with Crippen LogP contribution in [0.1, 0.15) is 17.5 Å². The maximum absolute atomic E-state index is 5.99. The van der Waals surface area contributed by atoms with Crippen LogP contribution in [0.25, 0.3) is 0 Å². The van der Waals surface area contributed by atoms with E-state index in [1.807, 2.05) is 48.5 Å². The first-order chi connectivity index (χ1) is 10.3. The number of nitrogens with one attached hydrogen (secondary N) is 1. The third kappa shape index (κ3) is 3.56. The Labute approximate surface area is 129 Å². The van der Waals surface area contributed by atoms with E-state index < -0.39 is 0 Å². The number of aliphatic imine (C=N–C) groups is 1. The number of nitrogens with zero attached hydrogens (tertiary/aromatic N) is 1. The molecule has 108 valence electrons. The van der Waals surface area contributed by atoms with Gasteiger partial charge in [-0.1, -0.05) is 35.9 Å². The first-order valence-electron chi connectivity index (χ1n) is 7.08. The van der Waals surface area contributed by atoms with Crippen molar-refractivity contribution < 1.29 is 4.74 Å². The number of hydrogen-bond acceptors (Lipinski definition) is 3. The summed E-state index contributed by atoms with van der Waals surface area (Å²) in [6.45, 7) is 2.32. The fraction of sp³-hybridized carbons (Fsp3) is 0.235. The summed E-state index contributed by atoms with van der Waals surface area (Å²) in [5.74, 6) is 1.76. The number of benzene rings is 2. The molecule has 0 radical (unpaired) electrons. The highest BCUT2D eigenvalue weighted by atomic mass is 35.5. The summed E-state index contributed by atoms with van der Waals surface area (Å²) < 4.78 is 5.95. The van der Waals surface area contributed by atoms with Gasteiger partial charge in [-0.2, -0.15) is 0 Å². The van der Waals surface area contributed by atoms with Gasteiger partial charge < -0.3 is 10.1 Å². The molecular weight excluding hydrogens is 284 g/mol. The van der Waals surface area contributed by atoms with Crippen LogP contribution >= 0.6 is 11.6 Å². The third-order valence-corrected chi connectivity index (χ3v) is 3.56. The van der Waals surface area contributed by atoms with Gasteiger partial charge in [0.1, 0.15) is 18.2 Å². The highest BCUT2D eigenvalue weighted by Gasteiger charge is 2.12. The molecule has 21 heavy (non-hydrogen) atoms. The van der Waals surface area contributed by atoms with Crippen LogP contribution in [0.15, 0.2) is 53.5 Å². The molecule has 0 spiro atoms. The topological polar surface area (TPSA) is 33.6 Å². The highest BCUT2D eigenvalue weighted by Crippen LogP contribution is 2.21. The fourth-order valence-electron chi connectivity index (χ4n) is 2.29. The Kier molecular flexibility index (Phi) is 4.41. The van der Waals surface area contributed by atoms with Crippen LogP contribution in [-0.2, 0) is 6.61 Å². The summed E-state index contributed by atoms with van der Waals surface area (Å²) in [6.07, 6.45) is 1.08. The van der Waals surface area contributed by atoms with Crippen molar-refractivity contribution in [3.05, 3.63) is 64.7 Å². The van der Waals surface area contributed by atoms with Crippen LogP contribution in [0.2, 0.25) is 5.02 Å². The van der Waals surface area contributed by atoms with Gasteiger partial charge in [-0.3, -0.25) is 4.99 Å². The molecule has 0 saturated heterocycles. The quantitative estimate of drug-likeness (QED) is 0.935. The van der Waals surface area contributed by atoms with Crippen molar-refractivity contribution in [2.24, 2.45) is 4.99 Å². The Morgan fingerprint density at radius 3 is 2.86 bits per heavy atom. The first kappa shape index (κ1) is 14.0. The van der Waals surface area contributed by atoms with E-state index in [0.29, 0.717) is 6.61 Å². The molecule has 3 nitrogen and oxygen atoms in total. The van der Waals surface area contributed by atoms with Crippen LogP contribution in [-0.4, -0.2) is 18.9 Å². The van der Waals surface area contributed by atoms with E-state index in [1.165, 1.54) is 0 Å². The van der Waals surface area contributed by atoms with E-state index in [9.17, 15) is 0 Å². The predicted molar refractivity (Wildman–Crippen MR) is 86.2 cm³/mol. The molecule has 1 heterocycles. The lowest BCUT2D eigenvalue weighted by Crippen LogP contribution is -2.30. The Morgan fingerprint density at radius 1 is 1.14 bits per heavy atom. The minimum atomic E-state index is 0.491. The minimum Gasteiger partial charge on any atom is -0.488 e. The number of ether oxygens (including phenoxy) is 1. The summed E-state index contributed by atoms with van der Waals surface area (Å²) in [5.41, 5.74) is 2.06. The van der Waals surface area contributed by atoms with Gasteiger partial charge in [0.15, 0.2) is 0 Å². The molecule has 0 atom stereocenters. The van der Waals surface area contributed by atoms with Gasteiger partial charge in [0.25, 0.3) is 0 Å². The van der Waals surface area contributed by atoms with Crippen molar-refractivity contribution in [2.45, 2.75) is 13.0 Å². The van der Waals surface area contributed by atoms with Crippen molar-refractivity contribution >= 4 is 17.4 Å². The summed E-state index contributed by atoms with van der Waals surface area (Å²) in [4.78, 5) is 4.53. The molecule has 0 aromatic heterocycles. The lowest BCUT2D eigenvalue weighted by atomic mass is 10.1. The number of para-hydroxylation sites is 1. The second kappa shape index (κ2) is 6.64. The lowest BCUT2D eigenvalue weighted by molar-refractivity contribution is 0.305. The van der Waals surface area contributed by atoms with Crippen molar-refractivity contribution in [1.29, 1.82) is 0 Å². The van der Waals surface area contributed by atoms with Crippen molar-refractivity contribution in [3.8, 4) is 5.75 Å². The molecule has 4 heteroatoms. The Hall–Kier alpha value is -2.00. The number of halogens is 1. The molecule has 1 aliphatic heterocycles. The van der Waals surface area contributed by atoms with E-state index >= 15 is 0 Å². The predicted octanol–water partition coefficient (Wildman–Crippen LogP) is 3.66. The van der Waals surface area contributed by atoms with E-state index in [2.05, 4.69) is 10.3 Å². The van der Waals surface area contributed by atoms with Crippen molar-refractivity contribution in [1.82, 2.24) is 5.32 Å². The average molecular weight is 301 g/mol. The van der Waals surface area contributed by atoms with E-state index in [1.54, 1.807) is 0 Å². The zero-order valence-electron chi connectivity index (χ0n) is 11.7. The standard InChI is InChI=1S/C17H17ClN2O/c18-14-6-3-5-13(11-14)12-21-16-8-2-1-7-15(16)17-19-9-4-10-20-17/h1-3,5-8,11H,4,9-10,12H2,(H,19,20). The molecule has 0 amide bonds. The van der Waals surface area contributed by atoms with Crippen molar-refractivity contribution in [2.75, 3.05) is 13.1 Å². The molecule has 1 N–H and O–H groups in total. The molecule has 3 rings (SSSR count). The van der Waals surface area contributed by atoms with Crippen LogP contribution in [0.4, 0.5) is 0 Å². The van der Waals surface area contributed by atoms with Gasteiger partial charge in [0, 0.05) is 18.1 Å². The number of hydrogen-bond donors (Lipinski definition) is 1. The summed E-state index contributed by atoms with van der Waals surface area (Å²) >= 11 is 5.99. The van der Waals surface area contributed by atoms with Crippen LogP contribution in [0.5, 0.6) is 5.75 Å². The van der Waals surface area contributed by atoms with Crippen LogP contribution in [0, 0.1) is 0 Å². The Balaban J connectivity index is 1.78. The normalized spacial score (nSPS) is 14.2. The molecule has 0 saturated carbocycles. The smallest absolute Gasteiger partial charge is 0.132 e. The number of rotatable bonds is 4. The third-order valence-electron chi connectivity index (χ3n) is 3.32. The largest absolute Gasteiger partial charge is 0.488 e. The van der Waals surface area contributed by atoms with Gasteiger partial charge in [0.05, 0.1) is 5.56 Å². The molecule has 2 aromatic rings. The Morgan fingerprint density at radius 2 is 2.05 bits per heavy atom. The molecule has 1 aliphatic rings. The number of amidine groups is 1.